The van der Waals surface area contributed by atoms with Gasteiger partial charge in [0.15, 0.2) is 0 Å². The van der Waals surface area contributed by atoms with E-state index in [1.165, 1.54) is 4.88 Å². The number of likely N-dealkylation sites (N-methyl/N-ethyl adjacent to an activating group) is 1. The van der Waals surface area contributed by atoms with Crippen molar-refractivity contribution in [3.8, 4) is 0 Å². The number of carbonyl (C=O) groups excluding carboxylic acids is 1. The van der Waals surface area contributed by atoms with Gasteiger partial charge in [-0.15, -0.1) is 11.3 Å². The summed E-state index contributed by atoms with van der Waals surface area (Å²) in [6, 6.07) is 4.31. The normalized spacial score (nSPS) is 21.9. The van der Waals surface area contributed by atoms with E-state index in [4.69, 9.17) is 19.8 Å². The minimum atomic E-state index is -5.08. The molecule has 1 amide bonds. The van der Waals surface area contributed by atoms with Crippen molar-refractivity contribution in [3.05, 3.63) is 22.4 Å². The van der Waals surface area contributed by atoms with Gasteiger partial charge in [0.2, 0.25) is 5.91 Å². The summed E-state index contributed by atoms with van der Waals surface area (Å²) in [5.74, 6) is -5.29. The highest BCUT2D eigenvalue weighted by Gasteiger charge is 2.40. The number of halogens is 6. The van der Waals surface area contributed by atoms with Gasteiger partial charge in [0.1, 0.15) is 0 Å². The molecule has 2 fully saturated rings. The third kappa shape index (κ3) is 10.7. The van der Waals surface area contributed by atoms with Crippen LogP contribution in [0.4, 0.5) is 26.3 Å². The highest BCUT2D eigenvalue weighted by atomic mass is 32.1. The number of piperidine rings is 1. The Labute approximate surface area is 195 Å². The number of aliphatic carboxylic acids is 2. The maximum absolute atomic E-state index is 11.8. The second-order valence-corrected chi connectivity index (χ2v) is 8.85. The van der Waals surface area contributed by atoms with Gasteiger partial charge in [0.25, 0.3) is 0 Å². The third-order valence-electron chi connectivity index (χ3n) is 4.81. The average Bonchev–Trinajstić information content (AvgIpc) is 3.13. The molecular weight excluding hydrogens is 496 g/mol. The molecule has 1 unspecified atom stereocenters. The zero-order chi connectivity index (χ0) is 26.2. The van der Waals surface area contributed by atoms with Crippen molar-refractivity contribution in [1.82, 2.24) is 15.1 Å². The molecule has 1 atom stereocenters. The van der Waals surface area contributed by atoms with Gasteiger partial charge in [0, 0.05) is 44.0 Å². The molecule has 1 aromatic rings. The number of carboxylic acid groups (broad SMARTS) is 2. The summed E-state index contributed by atoms with van der Waals surface area (Å²) in [5, 5.41) is 19.7. The van der Waals surface area contributed by atoms with Gasteiger partial charge in [-0.25, -0.2) is 9.59 Å². The second kappa shape index (κ2) is 12.4. The summed E-state index contributed by atoms with van der Waals surface area (Å²) in [7, 11) is 2.16. The number of rotatable bonds is 2. The lowest BCUT2D eigenvalue weighted by molar-refractivity contribution is -0.193. The molecule has 34 heavy (non-hydrogen) atoms. The fourth-order valence-electron chi connectivity index (χ4n) is 3.47. The number of nitrogens with one attached hydrogen (secondary N) is 1. The molecule has 0 radical (unpaired) electrons. The summed E-state index contributed by atoms with van der Waals surface area (Å²) in [5.41, 5.74) is -0.0438. The van der Waals surface area contributed by atoms with E-state index >= 15 is 0 Å². The Hall–Kier alpha value is -2.39. The molecule has 15 heteroatoms. The lowest BCUT2D eigenvalue weighted by atomic mass is 9.87. The topological polar surface area (TPSA) is 110 Å². The molecule has 3 heterocycles. The van der Waals surface area contributed by atoms with Crippen LogP contribution in [0.25, 0.3) is 0 Å². The molecule has 0 bridgehead atoms. The van der Waals surface area contributed by atoms with Crippen LogP contribution in [-0.2, 0) is 20.9 Å². The van der Waals surface area contributed by atoms with Crippen molar-refractivity contribution in [3.63, 3.8) is 0 Å². The monoisotopic (exact) mass is 521 g/mol. The number of amides is 1. The number of carbonyl (C=O) groups is 3. The third-order valence-corrected chi connectivity index (χ3v) is 5.67. The van der Waals surface area contributed by atoms with Crippen LogP contribution in [0.15, 0.2) is 17.5 Å². The van der Waals surface area contributed by atoms with Crippen molar-refractivity contribution in [2.75, 3.05) is 33.2 Å². The van der Waals surface area contributed by atoms with Crippen molar-refractivity contribution in [2.24, 2.45) is 0 Å². The number of carboxylic acids is 2. The first-order valence-corrected chi connectivity index (χ1v) is 10.8. The van der Waals surface area contributed by atoms with Gasteiger partial charge in [-0.2, -0.15) is 26.3 Å². The number of nitrogens with zero attached hydrogens (tertiary/aromatic N) is 2. The molecule has 0 aromatic carbocycles. The number of hydrogen-bond acceptors (Lipinski definition) is 6. The molecule has 2 saturated heterocycles. The smallest absolute Gasteiger partial charge is 0.475 e. The van der Waals surface area contributed by atoms with Crippen LogP contribution in [0.3, 0.4) is 0 Å². The van der Waals surface area contributed by atoms with Gasteiger partial charge in [-0.1, -0.05) is 6.07 Å². The Morgan fingerprint density at radius 1 is 1.09 bits per heavy atom. The number of alkyl halides is 6. The van der Waals surface area contributed by atoms with Crippen LogP contribution in [0.5, 0.6) is 0 Å². The number of hydrogen-bond donors (Lipinski definition) is 3. The van der Waals surface area contributed by atoms with E-state index in [-0.39, 0.29) is 11.4 Å². The van der Waals surface area contributed by atoms with Crippen LogP contribution < -0.4 is 5.32 Å². The van der Waals surface area contributed by atoms with E-state index in [1.807, 2.05) is 11.3 Å². The quantitative estimate of drug-likeness (QED) is 0.514. The van der Waals surface area contributed by atoms with Gasteiger partial charge in [-0.05, 0) is 31.3 Å². The zero-order valence-electron chi connectivity index (χ0n) is 18.1. The standard InChI is InChI=1S/C15H23N3OS.2C2HF3O2/c1-17-7-8-18(10-13-4-3-9-20-13)12-15(11-17)6-2-5-14(19)16-15;2*3-2(4,5)1(6)7/h3-4,9H,2,5-8,10-12H2,1H3,(H,16,19);2*(H,6,7). The highest BCUT2D eigenvalue weighted by molar-refractivity contribution is 7.09. The lowest BCUT2D eigenvalue weighted by Crippen LogP contribution is -2.60. The molecule has 0 saturated carbocycles. The molecule has 3 N–H and O–H groups in total. The van der Waals surface area contributed by atoms with Crippen LogP contribution in [0, 0.1) is 0 Å². The minimum absolute atomic E-state index is 0.0438. The van der Waals surface area contributed by atoms with Crippen LogP contribution >= 0.6 is 11.3 Å². The molecule has 8 nitrogen and oxygen atoms in total. The zero-order valence-corrected chi connectivity index (χ0v) is 18.9. The van der Waals surface area contributed by atoms with Crippen molar-refractivity contribution < 1.29 is 50.9 Å². The molecule has 2 aliphatic rings. The summed E-state index contributed by atoms with van der Waals surface area (Å²) in [4.78, 5) is 35.9. The van der Waals surface area contributed by atoms with E-state index < -0.39 is 24.3 Å². The van der Waals surface area contributed by atoms with E-state index in [0.29, 0.717) is 6.42 Å². The molecule has 1 spiro atoms. The Morgan fingerprint density at radius 2 is 1.65 bits per heavy atom. The van der Waals surface area contributed by atoms with Crippen molar-refractivity contribution in [1.29, 1.82) is 0 Å². The van der Waals surface area contributed by atoms with E-state index in [0.717, 1.165) is 45.6 Å². The first kappa shape index (κ1) is 29.6. The second-order valence-electron chi connectivity index (χ2n) is 7.82. The first-order chi connectivity index (χ1) is 15.5. The van der Waals surface area contributed by atoms with Gasteiger partial charge < -0.3 is 20.4 Å². The lowest BCUT2D eigenvalue weighted by Gasteiger charge is -2.40. The molecule has 2 aliphatic heterocycles. The highest BCUT2D eigenvalue weighted by Crippen LogP contribution is 2.25. The Balaban J connectivity index is 0.000000343. The first-order valence-electron chi connectivity index (χ1n) is 9.88. The number of thiophene rings is 1. The predicted molar refractivity (Wildman–Crippen MR) is 109 cm³/mol. The summed E-state index contributed by atoms with van der Waals surface area (Å²) in [6.45, 7) is 5.10. The minimum Gasteiger partial charge on any atom is -0.475 e. The van der Waals surface area contributed by atoms with Gasteiger partial charge >= 0.3 is 24.3 Å². The van der Waals surface area contributed by atoms with Gasteiger partial charge in [0.05, 0.1) is 5.54 Å². The van der Waals surface area contributed by atoms with Crippen LogP contribution in [0.1, 0.15) is 24.1 Å². The Bertz CT molecular complexity index is 794. The van der Waals surface area contributed by atoms with E-state index in [2.05, 4.69) is 39.7 Å². The van der Waals surface area contributed by atoms with E-state index in [9.17, 15) is 31.1 Å². The fraction of sp³-hybridized carbons (Fsp3) is 0.632. The summed E-state index contributed by atoms with van der Waals surface area (Å²) in [6.07, 6.45) is -7.35. The predicted octanol–water partition coefficient (Wildman–Crippen LogP) is 2.80. The van der Waals surface area contributed by atoms with E-state index in [1.54, 1.807) is 0 Å². The van der Waals surface area contributed by atoms with Gasteiger partial charge in [-0.3, -0.25) is 9.69 Å². The van der Waals surface area contributed by atoms with Crippen LogP contribution in [-0.4, -0.2) is 89.0 Å². The molecule has 0 aliphatic carbocycles. The largest absolute Gasteiger partial charge is 0.490 e. The molecule has 3 rings (SSSR count). The Morgan fingerprint density at radius 3 is 2.09 bits per heavy atom. The summed E-state index contributed by atoms with van der Waals surface area (Å²) < 4.78 is 63.5. The maximum Gasteiger partial charge on any atom is 0.490 e. The molecular formula is C19H25F6N3O5S. The average molecular weight is 521 g/mol. The maximum atomic E-state index is 11.8. The Kier molecular flexibility index (Phi) is 10.8. The van der Waals surface area contributed by atoms with Crippen molar-refractivity contribution in [2.45, 2.75) is 43.7 Å². The fourth-order valence-corrected chi connectivity index (χ4v) is 4.21. The van der Waals surface area contributed by atoms with Crippen molar-refractivity contribution >= 4 is 29.2 Å². The van der Waals surface area contributed by atoms with Crippen LogP contribution in [0.2, 0.25) is 0 Å². The summed E-state index contributed by atoms with van der Waals surface area (Å²) >= 11 is 1.82. The molecule has 194 valence electrons. The SMILES string of the molecule is CN1CCN(Cc2cccs2)CC2(CCCC(=O)N2)C1.O=C(O)C(F)(F)F.O=C(O)C(F)(F)F. The molecule has 1 aromatic heterocycles.